The van der Waals surface area contributed by atoms with Crippen LogP contribution in [0.4, 0.5) is 5.69 Å². The molecule has 1 aliphatic rings. The van der Waals surface area contributed by atoms with E-state index in [0.29, 0.717) is 5.69 Å². The highest BCUT2D eigenvalue weighted by Crippen LogP contribution is 2.34. The van der Waals surface area contributed by atoms with Crippen molar-refractivity contribution in [3.05, 3.63) is 66.0 Å². The Morgan fingerprint density at radius 3 is 2.81 bits per heavy atom. The first-order valence-corrected chi connectivity index (χ1v) is 12.2. The highest BCUT2D eigenvalue weighted by molar-refractivity contribution is 7.92. The molecule has 0 radical (unpaired) electrons. The molecule has 8 heteroatoms. The zero-order valence-corrected chi connectivity index (χ0v) is 18.0. The molecule has 0 saturated heterocycles. The third kappa shape index (κ3) is 3.79. The van der Waals surface area contributed by atoms with Gasteiger partial charge in [0.15, 0.2) is 0 Å². The number of H-pyrrole nitrogens is 1. The normalized spacial score (nSPS) is 16.4. The third-order valence-corrected chi connectivity index (χ3v) is 6.46. The first-order chi connectivity index (χ1) is 14.9. The van der Waals surface area contributed by atoms with Crippen LogP contribution in [0.2, 0.25) is 0 Å². The molecule has 1 aliphatic carbocycles. The summed E-state index contributed by atoms with van der Waals surface area (Å²) >= 11 is 0. The van der Waals surface area contributed by atoms with Crippen LogP contribution in [0.5, 0.6) is 0 Å². The number of carbonyl (C=O) groups is 1. The van der Waals surface area contributed by atoms with Crippen molar-refractivity contribution in [2.75, 3.05) is 11.0 Å². The minimum absolute atomic E-state index is 0.0343. The average Bonchev–Trinajstić information content (AvgIpc) is 3.30. The number of benzene rings is 2. The lowest BCUT2D eigenvalue weighted by molar-refractivity contribution is -0.122. The fraction of sp³-hybridized carbons (Fsp3) is 0.261. The Balaban J connectivity index is 1.37. The first kappa shape index (κ1) is 19.7. The van der Waals surface area contributed by atoms with Gasteiger partial charge in [0.25, 0.3) is 0 Å². The summed E-state index contributed by atoms with van der Waals surface area (Å²) in [4.78, 5) is 16.4. The summed E-state index contributed by atoms with van der Waals surface area (Å²) in [5.41, 5.74) is 4.83. The number of anilines is 1. The van der Waals surface area contributed by atoms with Gasteiger partial charge in [0.2, 0.25) is 15.9 Å². The van der Waals surface area contributed by atoms with Crippen LogP contribution < -0.4 is 10.0 Å². The monoisotopic (exact) mass is 436 g/mol. The fourth-order valence-corrected chi connectivity index (χ4v) is 5.18. The van der Waals surface area contributed by atoms with Gasteiger partial charge in [-0.05, 0) is 49.1 Å². The Bertz CT molecular complexity index is 1400. The topological polar surface area (TPSA) is 96.0 Å². The molecule has 2 heterocycles. The van der Waals surface area contributed by atoms with Gasteiger partial charge < -0.3 is 14.9 Å². The van der Waals surface area contributed by atoms with Crippen LogP contribution in [-0.2, 0) is 27.8 Å². The molecular formula is C23H24N4O3S. The van der Waals surface area contributed by atoms with Crippen LogP contribution in [0.3, 0.4) is 0 Å². The van der Waals surface area contributed by atoms with E-state index < -0.39 is 10.0 Å². The van der Waals surface area contributed by atoms with Crippen LogP contribution in [0.15, 0.2) is 54.7 Å². The Kier molecular flexibility index (Phi) is 4.74. The van der Waals surface area contributed by atoms with Gasteiger partial charge in [0, 0.05) is 28.2 Å². The highest BCUT2D eigenvalue weighted by atomic mass is 32.2. The van der Waals surface area contributed by atoms with E-state index in [4.69, 9.17) is 0 Å². The number of rotatable bonds is 5. The molecule has 5 rings (SSSR count). The third-order valence-electron chi connectivity index (χ3n) is 5.87. The van der Waals surface area contributed by atoms with Crippen LogP contribution in [0, 0.1) is 0 Å². The molecule has 2 aromatic carbocycles. The van der Waals surface area contributed by atoms with E-state index in [1.165, 1.54) is 10.9 Å². The molecule has 0 aliphatic heterocycles. The Hall–Kier alpha value is -3.26. The molecule has 2 aromatic heterocycles. The summed E-state index contributed by atoms with van der Waals surface area (Å²) in [5.74, 6) is -0.0736. The van der Waals surface area contributed by atoms with Gasteiger partial charge in [0.05, 0.1) is 23.5 Å². The van der Waals surface area contributed by atoms with E-state index in [9.17, 15) is 13.2 Å². The van der Waals surface area contributed by atoms with E-state index in [1.54, 1.807) is 12.1 Å². The van der Waals surface area contributed by atoms with Crippen LogP contribution in [-0.4, -0.2) is 30.1 Å². The van der Waals surface area contributed by atoms with Crippen molar-refractivity contribution in [2.45, 2.75) is 31.8 Å². The van der Waals surface area contributed by atoms with Crippen molar-refractivity contribution in [1.82, 2.24) is 14.9 Å². The number of para-hydroxylation sites is 1. The number of nitrogens with one attached hydrogen (secondary N) is 3. The first-order valence-electron chi connectivity index (χ1n) is 10.3. The number of amides is 1. The van der Waals surface area contributed by atoms with Crippen LogP contribution in [0.1, 0.15) is 30.1 Å². The molecule has 4 aromatic rings. The van der Waals surface area contributed by atoms with E-state index in [2.05, 4.69) is 27.2 Å². The minimum atomic E-state index is -3.38. The van der Waals surface area contributed by atoms with Gasteiger partial charge in [-0.2, -0.15) is 0 Å². The summed E-state index contributed by atoms with van der Waals surface area (Å²) in [6, 6.07) is 15.4. The zero-order chi connectivity index (χ0) is 21.6. The van der Waals surface area contributed by atoms with Gasteiger partial charge in [0.1, 0.15) is 6.54 Å². The van der Waals surface area contributed by atoms with Crippen LogP contribution in [0.25, 0.3) is 21.8 Å². The maximum Gasteiger partial charge on any atom is 0.240 e. The fourth-order valence-electron chi connectivity index (χ4n) is 4.60. The molecule has 160 valence electrons. The molecule has 0 saturated carbocycles. The number of aromatic amines is 1. The minimum Gasteiger partial charge on any atom is -0.356 e. The number of fused-ring (bicyclic) bond motifs is 4. The number of nitrogens with zero attached hydrogens (tertiary/aromatic N) is 1. The smallest absolute Gasteiger partial charge is 0.240 e. The van der Waals surface area contributed by atoms with Crippen molar-refractivity contribution in [1.29, 1.82) is 0 Å². The molecule has 0 spiro atoms. The standard InChI is InChI=1S/C23H24N4O3S/c1-31(29,30)26-19-9-5-11-21-17(19)12-13-27(21)14-22(28)24-20-10-4-7-16-15-6-2-3-8-18(15)25-23(16)20/h2-3,5-6,8-9,11-13,20,25-26H,4,7,10,14H2,1H3,(H,24,28)/t20-/m0/s1. The van der Waals surface area contributed by atoms with E-state index in [0.717, 1.165) is 47.6 Å². The van der Waals surface area contributed by atoms with Crippen molar-refractivity contribution in [3.63, 3.8) is 0 Å². The second kappa shape index (κ2) is 7.46. The molecule has 0 unspecified atom stereocenters. The van der Waals surface area contributed by atoms with E-state index in [-0.39, 0.29) is 18.5 Å². The van der Waals surface area contributed by atoms with E-state index in [1.807, 2.05) is 35.0 Å². The predicted molar refractivity (Wildman–Crippen MR) is 123 cm³/mol. The maximum atomic E-state index is 12.9. The van der Waals surface area contributed by atoms with Gasteiger partial charge >= 0.3 is 0 Å². The lowest BCUT2D eigenvalue weighted by Gasteiger charge is -2.24. The van der Waals surface area contributed by atoms with Gasteiger partial charge in [-0.15, -0.1) is 0 Å². The highest BCUT2D eigenvalue weighted by Gasteiger charge is 2.25. The number of aromatic nitrogens is 2. The molecule has 0 fully saturated rings. The molecular weight excluding hydrogens is 412 g/mol. The number of hydrogen-bond acceptors (Lipinski definition) is 3. The molecule has 1 atom stereocenters. The lowest BCUT2D eigenvalue weighted by Crippen LogP contribution is -2.33. The number of carbonyl (C=O) groups excluding carboxylic acids is 1. The summed E-state index contributed by atoms with van der Waals surface area (Å²) in [6.45, 7) is 0.165. The van der Waals surface area contributed by atoms with E-state index >= 15 is 0 Å². The Morgan fingerprint density at radius 1 is 1.13 bits per heavy atom. The molecule has 3 N–H and O–H groups in total. The second-order valence-corrected chi connectivity index (χ2v) is 9.88. The zero-order valence-electron chi connectivity index (χ0n) is 17.2. The summed E-state index contributed by atoms with van der Waals surface area (Å²) in [6.07, 6.45) is 5.89. The quantitative estimate of drug-likeness (QED) is 0.445. The molecule has 0 bridgehead atoms. The maximum absolute atomic E-state index is 12.9. The summed E-state index contributed by atoms with van der Waals surface area (Å²) in [7, 11) is -3.38. The van der Waals surface area contributed by atoms with Crippen molar-refractivity contribution < 1.29 is 13.2 Å². The largest absolute Gasteiger partial charge is 0.356 e. The number of sulfonamides is 1. The van der Waals surface area contributed by atoms with Crippen LogP contribution >= 0.6 is 0 Å². The second-order valence-electron chi connectivity index (χ2n) is 8.13. The SMILES string of the molecule is CS(=O)(=O)Nc1cccc2c1ccn2CC(=O)N[C@H]1CCCc2c1[nH]c1ccccc21. The number of hydrogen-bond donors (Lipinski definition) is 3. The molecule has 31 heavy (non-hydrogen) atoms. The predicted octanol–water partition coefficient (Wildman–Crippen LogP) is 3.69. The van der Waals surface area contributed by atoms with Gasteiger partial charge in [-0.1, -0.05) is 24.3 Å². The Morgan fingerprint density at radius 2 is 1.97 bits per heavy atom. The van der Waals surface area contributed by atoms with Crippen molar-refractivity contribution in [2.24, 2.45) is 0 Å². The van der Waals surface area contributed by atoms with Crippen molar-refractivity contribution in [3.8, 4) is 0 Å². The Labute approximate surface area is 180 Å². The van der Waals surface area contributed by atoms with Gasteiger partial charge in [-0.25, -0.2) is 8.42 Å². The molecule has 1 amide bonds. The lowest BCUT2D eigenvalue weighted by atomic mass is 9.91. The van der Waals surface area contributed by atoms with Gasteiger partial charge in [-0.3, -0.25) is 9.52 Å². The summed E-state index contributed by atoms with van der Waals surface area (Å²) < 4.78 is 27.6. The number of aryl methyl sites for hydroxylation is 1. The molecule has 7 nitrogen and oxygen atoms in total. The van der Waals surface area contributed by atoms with Crippen molar-refractivity contribution >= 4 is 43.4 Å². The summed E-state index contributed by atoms with van der Waals surface area (Å²) in [5, 5.41) is 5.18. The average molecular weight is 437 g/mol.